The summed E-state index contributed by atoms with van der Waals surface area (Å²) < 4.78 is 17.8. The second-order valence-electron chi connectivity index (χ2n) is 16.4. The molecule has 0 aliphatic rings. The fourth-order valence-corrected chi connectivity index (χ4v) is 10.1. The highest BCUT2D eigenvalue weighted by atomic mass is 16.3. The Kier molecular flexibility index (Phi) is 7.43. The summed E-state index contributed by atoms with van der Waals surface area (Å²) in [5.74, 6) is 0. The monoisotopic (exact) mass is 793 g/mol. The number of nitriles is 1. The lowest BCUT2D eigenvalue weighted by Gasteiger charge is -2.16. The van der Waals surface area contributed by atoms with Crippen molar-refractivity contribution in [1.82, 2.24) is 9.13 Å². The third kappa shape index (κ3) is 5.20. The molecule has 62 heavy (non-hydrogen) atoms. The molecule has 0 fully saturated rings. The van der Waals surface area contributed by atoms with E-state index in [0.29, 0.717) is 18.4 Å². The van der Waals surface area contributed by atoms with Crippen LogP contribution in [-0.4, -0.2) is 9.13 Å². The van der Waals surface area contributed by atoms with Crippen LogP contribution in [0.15, 0.2) is 197 Å². The maximum absolute atomic E-state index is 10.6. The predicted molar refractivity (Wildman–Crippen MR) is 253 cm³/mol. The van der Waals surface area contributed by atoms with Crippen molar-refractivity contribution in [1.29, 1.82) is 5.26 Å². The number of rotatable bonds is 6. The molecule has 0 N–H and O–H groups in total. The molecule has 0 aliphatic heterocycles. The second-order valence-corrected chi connectivity index (χ2v) is 16.4. The van der Waals surface area contributed by atoms with Gasteiger partial charge in [-0.05, 0) is 108 Å². The van der Waals surface area contributed by atoms with Crippen molar-refractivity contribution < 1.29 is 8.83 Å². The molecule has 5 heteroatoms. The first-order chi connectivity index (χ1) is 30.7. The van der Waals surface area contributed by atoms with Gasteiger partial charge in [-0.25, -0.2) is 0 Å². The Morgan fingerprint density at radius 2 is 0.710 bits per heavy atom. The molecule has 0 saturated heterocycles. The van der Waals surface area contributed by atoms with Gasteiger partial charge in [0.1, 0.15) is 22.3 Å². The van der Waals surface area contributed by atoms with Crippen LogP contribution in [0.5, 0.6) is 0 Å². The van der Waals surface area contributed by atoms with Crippen LogP contribution in [0.3, 0.4) is 0 Å². The predicted octanol–water partition coefficient (Wildman–Crippen LogP) is 14.7. The fraction of sp³-hybridized carbons (Fsp3) is 0.0351. The SMILES string of the molecule is N#Cc1cc(Cc2cc3oc4ccccc4c3cc2-n2c3ccccc3c3ccccc32)cc(Cc2cc3oc4ccccc4c3cc2-n2c3ccccc3c3ccccc32)c1. The molecule has 9 aromatic carbocycles. The van der Waals surface area contributed by atoms with E-state index in [1.54, 1.807) is 0 Å². The van der Waals surface area contributed by atoms with Gasteiger partial charge in [0, 0.05) is 43.1 Å². The zero-order chi connectivity index (χ0) is 40.9. The van der Waals surface area contributed by atoms with Crippen molar-refractivity contribution in [3.8, 4) is 17.4 Å². The van der Waals surface area contributed by atoms with Crippen LogP contribution in [0.4, 0.5) is 0 Å². The average molecular weight is 794 g/mol. The molecule has 0 aliphatic carbocycles. The Balaban J connectivity index is 1.00. The molecule has 5 nitrogen and oxygen atoms in total. The minimum Gasteiger partial charge on any atom is -0.456 e. The zero-order valence-corrected chi connectivity index (χ0v) is 33.5. The second kappa shape index (κ2) is 13.3. The van der Waals surface area contributed by atoms with E-state index in [2.05, 4.69) is 167 Å². The molecule has 0 bridgehead atoms. The molecule has 0 amide bonds. The Morgan fingerprint density at radius 3 is 1.10 bits per heavy atom. The number of nitrogens with zero attached hydrogens (tertiary/aromatic N) is 3. The Morgan fingerprint density at radius 1 is 0.355 bits per heavy atom. The van der Waals surface area contributed by atoms with Crippen molar-refractivity contribution in [2.45, 2.75) is 12.8 Å². The van der Waals surface area contributed by atoms with Crippen molar-refractivity contribution >= 4 is 87.5 Å². The largest absolute Gasteiger partial charge is 0.456 e. The zero-order valence-electron chi connectivity index (χ0n) is 33.5. The van der Waals surface area contributed by atoms with Gasteiger partial charge in [-0.15, -0.1) is 0 Å². The molecule has 13 aromatic rings. The number of hydrogen-bond donors (Lipinski definition) is 0. The lowest BCUT2D eigenvalue weighted by Crippen LogP contribution is -2.03. The van der Waals surface area contributed by atoms with Crippen molar-refractivity contribution in [2.75, 3.05) is 0 Å². The van der Waals surface area contributed by atoms with E-state index in [1.165, 1.54) is 21.5 Å². The number of para-hydroxylation sites is 6. The molecule has 0 radical (unpaired) electrons. The van der Waals surface area contributed by atoms with Crippen LogP contribution in [0.2, 0.25) is 0 Å². The first kappa shape index (κ1) is 34.5. The quantitative estimate of drug-likeness (QED) is 0.168. The van der Waals surface area contributed by atoms with Gasteiger partial charge in [0.25, 0.3) is 0 Å². The topological polar surface area (TPSA) is 59.9 Å². The number of aromatic nitrogens is 2. The van der Waals surface area contributed by atoms with Crippen LogP contribution in [0.1, 0.15) is 27.8 Å². The lowest BCUT2D eigenvalue weighted by atomic mass is 9.94. The first-order valence-electron chi connectivity index (χ1n) is 21.1. The van der Waals surface area contributed by atoms with Gasteiger partial charge in [0.05, 0.1) is 45.1 Å². The van der Waals surface area contributed by atoms with Gasteiger partial charge < -0.3 is 18.0 Å². The summed E-state index contributed by atoms with van der Waals surface area (Å²) in [4.78, 5) is 0. The van der Waals surface area contributed by atoms with Crippen LogP contribution < -0.4 is 0 Å². The highest BCUT2D eigenvalue weighted by molar-refractivity contribution is 6.12. The van der Waals surface area contributed by atoms with E-state index in [-0.39, 0.29) is 0 Å². The van der Waals surface area contributed by atoms with Gasteiger partial charge in [-0.2, -0.15) is 5.26 Å². The van der Waals surface area contributed by atoms with Crippen molar-refractivity contribution in [2.24, 2.45) is 0 Å². The number of hydrogen-bond acceptors (Lipinski definition) is 3. The molecule has 4 aromatic heterocycles. The molecule has 13 rings (SSSR count). The van der Waals surface area contributed by atoms with Gasteiger partial charge in [0.2, 0.25) is 0 Å². The summed E-state index contributed by atoms with van der Waals surface area (Å²) in [7, 11) is 0. The maximum Gasteiger partial charge on any atom is 0.135 e. The summed E-state index contributed by atoms with van der Waals surface area (Å²) in [5, 5.41) is 19.7. The standard InChI is InChI=1S/C57H35N3O2/c58-34-37-26-35(28-38-30-56-46(44-17-5-11-23-54(44)61-56)32-52(38)59-48-19-7-1-13-40(48)41-14-2-8-20-49(41)59)25-36(27-37)29-39-31-57-47(45-18-6-12-24-55(45)62-57)33-53(39)60-50-21-9-3-15-42(50)43-16-4-10-22-51(43)60/h1-27,30-33H,28-29H2. The summed E-state index contributed by atoms with van der Waals surface area (Å²) >= 11 is 0. The third-order valence-corrected chi connectivity index (χ3v) is 12.8. The lowest BCUT2D eigenvalue weighted by molar-refractivity contribution is 0.668. The summed E-state index contributed by atoms with van der Waals surface area (Å²) in [6.07, 6.45) is 1.18. The molecule has 290 valence electrons. The Hall–Kier alpha value is -8.33. The molecule has 4 heterocycles. The van der Waals surface area contributed by atoms with E-state index in [1.807, 2.05) is 36.4 Å². The molecule has 0 unspecified atom stereocenters. The summed E-state index contributed by atoms with van der Waals surface area (Å²) in [6, 6.07) is 69.0. The van der Waals surface area contributed by atoms with E-state index in [9.17, 15) is 5.26 Å². The van der Waals surface area contributed by atoms with Crippen LogP contribution in [0, 0.1) is 11.3 Å². The van der Waals surface area contributed by atoms with Crippen LogP contribution in [-0.2, 0) is 12.8 Å². The van der Waals surface area contributed by atoms with Gasteiger partial charge in [-0.3, -0.25) is 0 Å². The minimum atomic E-state index is 0.591. The van der Waals surface area contributed by atoms with Crippen LogP contribution in [0.25, 0.3) is 98.9 Å². The van der Waals surface area contributed by atoms with Gasteiger partial charge in [0.15, 0.2) is 0 Å². The fourth-order valence-electron chi connectivity index (χ4n) is 10.1. The highest BCUT2D eigenvalue weighted by Crippen LogP contribution is 2.40. The van der Waals surface area contributed by atoms with Crippen LogP contribution >= 0.6 is 0 Å². The molecule has 0 saturated carbocycles. The minimum absolute atomic E-state index is 0.591. The van der Waals surface area contributed by atoms with Crippen molar-refractivity contribution in [3.05, 3.63) is 216 Å². The maximum atomic E-state index is 10.6. The van der Waals surface area contributed by atoms with E-state index >= 15 is 0 Å². The Bertz CT molecular complexity index is 3660. The summed E-state index contributed by atoms with van der Waals surface area (Å²) in [6.45, 7) is 0. The number of fused-ring (bicyclic) bond motifs is 12. The van der Waals surface area contributed by atoms with E-state index < -0.39 is 0 Å². The molecular formula is C57H35N3O2. The van der Waals surface area contributed by atoms with Crippen molar-refractivity contribution in [3.63, 3.8) is 0 Å². The Labute approximate surface area is 355 Å². The summed E-state index contributed by atoms with van der Waals surface area (Å²) in [5.41, 5.74) is 15.1. The first-order valence-corrected chi connectivity index (χ1v) is 21.1. The highest BCUT2D eigenvalue weighted by Gasteiger charge is 2.21. The number of benzene rings is 9. The average Bonchev–Trinajstić information content (AvgIpc) is 4.06. The van der Waals surface area contributed by atoms with Gasteiger partial charge in [-0.1, -0.05) is 115 Å². The van der Waals surface area contributed by atoms with E-state index in [0.717, 1.165) is 99.6 Å². The van der Waals surface area contributed by atoms with Gasteiger partial charge >= 0.3 is 0 Å². The normalized spacial score (nSPS) is 12.0. The molecule has 0 atom stereocenters. The third-order valence-electron chi connectivity index (χ3n) is 12.8. The van der Waals surface area contributed by atoms with E-state index in [4.69, 9.17) is 8.83 Å². The number of furan rings is 2. The molecular weight excluding hydrogens is 759 g/mol. The molecule has 0 spiro atoms. The smallest absolute Gasteiger partial charge is 0.135 e.